The van der Waals surface area contributed by atoms with Crippen molar-refractivity contribution in [2.75, 3.05) is 19.6 Å². The van der Waals surface area contributed by atoms with Gasteiger partial charge >= 0.3 is 0 Å². The van der Waals surface area contributed by atoms with Crippen molar-refractivity contribution in [2.24, 2.45) is 5.92 Å². The second-order valence-electron chi connectivity index (χ2n) is 7.75. The second-order valence-corrected chi connectivity index (χ2v) is 7.75. The van der Waals surface area contributed by atoms with Gasteiger partial charge in [0, 0.05) is 17.8 Å². The van der Waals surface area contributed by atoms with Crippen molar-refractivity contribution in [3.05, 3.63) is 46.5 Å². The zero-order valence-corrected chi connectivity index (χ0v) is 15.9. The Bertz CT molecular complexity index is 839. The summed E-state index contributed by atoms with van der Waals surface area (Å²) in [5.41, 5.74) is 3.71. The van der Waals surface area contributed by atoms with Crippen LogP contribution in [0.4, 0.5) is 4.39 Å². The summed E-state index contributed by atoms with van der Waals surface area (Å²) in [4.78, 5) is 12.7. The Morgan fingerprint density at radius 2 is 2.26 bits per heavy atom. The lowest BCUT2D eigenvalue weighted by Gasteiger charge is -2.22. The van der Waals surface area contributed by atoms with Crippen molar-refractivity contribution in [3.8, 4) is 5.69 Å². The number of nitrogens with one attached hydrogen (secondary N) is 2. The standard InChI is InChI=1S/C21H27FN4O/c1-14-7-8-19(17(22)12-14)26-18-6-2-5-16(18)20(25-26)21(27)24-11-9-15-4-3-10-23-13-15/h7-8,12,15,23H,2-6,9-11,13H2,1H3,(H,24,27). The summed E-state index contributed by atoms with van der Waals surface area (Å²) in [7, 11) is 0. The molecule has 1 amide bonds. The monoisotopic (exact) mass is 370 g/mol. The van der Waals surface area contributed by atoms with Gasteiger partial charge < -0.3 is 10.6 Å². The first kappa shape index (κ1) is 18.2. The molecule has 5 nitrogen and oxygen atoms in total. The zero-order chi connectivity index (χ0) is 18.8. The molecule has 1 saturated heterocycles. The maximum atomic E-state index is 14.5. The quantitative estimate of drug-likeness (QED) is 0.851. The first-order chi connectivity index (χ1) is 13.1. The topological polar surface area (TPSA) is 59.0 Å². The average molecular weight is 370 g/mol. The van der Waals surface area contributed by atoms with Crippen molar-refractivity contribution >= 4 is 5.91 Å². The van der Waals surface area contributed by atoms with Gasteiger partial charge in [0.15, 0.2) is 5.69 Å². The predicted molar refractivity (Wildman–Crippen MR) is 103 cm³/mol. The molecular weight excluding hydrogens is 343 g/mol. The van der Waals surface area contributed by atoms with Crippen LogP contribution in [-0.4, -0.2) is 35.3 Å². The summed E-state index contributed by atoms with van der Waals surface area (Å²) < 4.78 is 16.1. The van der Waals surface area contributed by atoms with E-state index in [-0.39, 0.29) is 11.7 Å². The Balaban J connectivity index is 1.50. The molecule has 1 aromatic carbocycles. The molecule has 0 radical (unpaired) electrons. The van der Waals surface area contributed by atoms with Crippen LogP contribution in [0.25, 0.3) is 5.69 Å². The summed E-state index contributed by atoms with van der Waals surface area (Å²) in [6.07, 6.45) is 6.05. The average Bonchev–Trinajstić information content (AvgIpc) is 3.26. The minimum absolute atomic E-state index is 0.136. The van der Waals surface area contributed by atoms with Gasteiger partial charge in [-0.15, -0.1) is 0 Å². The van der Waals surface area contributed by atoms with Gasteiger partial charge in [0.25, 0.3) is 5.91 Å². The Hall–Kier alpha value is -2.21. The minimum Gasteiger partial charge on any atom is -0.351 e. The molecule has 27 heavy (non-hydrogen) atoms. The van der Waals surface area contributed by atoms with E-state index in [1.54, 1.807) is 10.7 Å². The molecule has 2 heterocycles. The molecule has 0 spiro atoms. The fraction of sp³-hybridized carbons (Fsp3) is 0.524. The largest absolute Gasteiger partial charge is 0.351 e. The number of rotatable bonds is 5. The number of hydrogen-bond donors (Lipinski definition) is 2. The number of aryl methyl sites for hydroxylation is 1. The Labute approximate surface area is 159 Å². The van der Waals surface area contributed by atoms with Gasteiger partial charge in [-0.1, -0.05) is 6.07 Å². The SMILES string of the molecule is Cc1ccc(-n2nc(C(=O)NCCC3CCCNC3)c3c2CCC3)c(F)c1. The number of amides is 1. The van der Waals surface area contributed by atoms with Gasteiger partial charge in [-0.05, 0) is 82.2 Å². The van der Waals surface area contributed by atoms with E-state index >= 15 is 0 Å². The number of fused-ring (bicyclic) bond motifs is 1. The van der Waals surface area contributed by atoms with Crippen LogP contribution in [0.2, 0.25) is 0 Å². The zero-order valence-electron chi connectivity index (χ0n) is 15.9. The number of benzene rings is 1. The highest BCUT2D eigenvalue weighted by Gasteiger charge is 2.27. The highest BCUT2D eigenvalue weighted by Crippen LogP contribution is 2.29. The maximum Gasteiger partial charge on any atom is 0.272 e. The molecule has 2 N–H and O–H groups in total. The molecule has 2 aromatic rings. The number of halogens is 1. The van der Waals surface area contributed by atoms with Crippen LogP contribution in [0.15, 0.2) is 18.2 Å². The van der Waals surface area contributed by atoms with Crippen LogP contribution >= 0.6 is 0 Å². The number of carbonyl (C=O) groups is 1. The van der Waals surface area contributed by atoms with Gasteiger partial charge in [0.1, 0.15) is 11.5 Å². The van der Waals surface area contributed by atoms with Crippen molar-refractivity contribution in [1.82, 2.24) is 20.4 Å². The highest BCUT2D eigenvalue weighted by atomic mass is 19.1. The van der Waals surface area contributed by atoms with Crippen molar-refractivity contribution in [1.29, 1.82) is 0 Å². The van der Waals surface area contributed by atoms with E-state index in [1.165, 1.54) is 18.9 Å². The summed E-state index contributed by atoms with van der Waals surface area (Å²) in [6.45, 7) is 4.65. The summed E-state index contributed by atoms with van der Waals surface area (Å²) in [6, 6.07) is 5.13. The van der Waals surface area contributed by atoms with E-state index in [1.807, 2.05) is 13.0 Å². The third kappa shape index (κ3) is 3.76. The van der Waals surface area contributed by atoms with Gasteiger partial charge in [-0.2, -0.15) is 5.10 Å². The van der Waals surface area contributed by atoms with Crippen molar-refractivity contribution in [3.63, 3.8) is 0 Å². The molecule has 0 saturated carbocycles. The molecule has 1 aliphatic heterocycles. The molecule has 1 aliphatic carbocycles. The second kappa shape index (κ2) is 7.80. The molecule has 1 fully saturated rings. The van der Waals surface area contributed by atoms with E-state index in [9.17, 15) is 9.18 Å². The summed E-state index contributed by atoms with van der Waals surface area (Å²) in [5, 5.41) is 10.9. The molecule has 6 heteroatoms. The van der Waals surface area contributed by atoms with Crippen molar-refractivity contribution in [2.45, 2.75) is 45.4 Å². The van der Waals surface area contributed by atoms with E-state index in [0.29, 0.717) is 23.8 Å². The Kier molecular flexibility index (Phi) is 5.25. The molecule has 144 valence electrons. The van der Waals surface area contributed by atoms with E-state index in [2.05, 4.69) is 15.7 Å². The predicted octanol–water partition coefficient (Wildman–Crippen LogP) is 2.93. The van der Waals surface area contributed by atoms with Gasteiger partial charge in [-0.3, -0.25) is 4.79 Å². The number of nitrogens with zero attached hydrogens (tertiary/aromatic N) is 2. The van der Waals surface area contributed by atoms with E-state index in [0.717, 1.165) is 55.6 Å². The third-order valence-corrected chi connectivity index (χ3v) is 5.71. The number of piperidine rings is 1. The molecule has 1 unspecified atom stereocenters. The lowest BCUT2D eigenvalue weighted by atomic mass is 9.96. The molecule has 1 atom stereocenters. The first-order valence-electron chi connectivity index (χ1n) is 9.99. The summed E-state index contributed by atoms with van der Waals surface area (Å²) >= 11 is 0. The number of aromatic nitrogens is 2. The number of hydrogen-bond acceptors (Lipinski definition) is 3. The molecule has 0 bridgehead atoms. The van der Waals surface area contributed by atoms with Crippen LogP contribution in [0.3, 0.4) is 0 Å². The highest BCUT2D eigenvalue weighted by molar-refractivity contribution is 5.94. The van der Waals surface area contributed by atoms with Gasteiger partial charge in [0.05, 0.1) is 0 Å². The lowest BCUT2D eigenvalue weighted by Crippen LogP contribution is -2.33. The van der Waals surface area contributed by atoms with Crippen LogP contribution in [0.5, 0.6) is 0 Å². The minimum atomic E-state index is -0.302. The van der Waals surface area contributed by atoms with Crippen LogP contribution in [0.1, 0.15) is 53.0 Å². The van der Waals surface area contributed by atoms with E-state index < -0.39 is 0 Å². The van der Waals surface area contributed by atoms with Crippen molar-refractivity contribution < 1.29 is 9.18 Å². The van der Waals surface area contributed by atoms with E-state index in [4.69, 9.17) is 0 Å². The smallest absolute Gasteiger partial charge is 0.272 e. The third-order valence-electron chi connectivity index (χ3n) is 5.71. The van der Waals surface area contributed by atoms with Gasteiger partial charge in [0.2, 0.25) is 0 Å². The maximum absolute atomic E-state index is 14.5. The van der Waals surface area contributed by atoms with Gasteiger partial charge in [-0.25, -0.2) is 9.07 Å². The molecule has 1 aromatic heterocycles. The fourth-order valence-electron chi connectivity index (χ4n) is 4.25. The first-order valence-corrected chi connectivity index (χ1v) is 9.99. The van der Waals surface area contributed by atoms with Crippen LogP contribution in [0, 0.1) is 18.7 Å². The Morgan fingerprint density at radius 3 is 3.04 bits per heavy atom. The molecular formula is C21H27FN4O. The fourth-order valence-corrected chi connectivity index (χ4v) is 4.25. The lowest BCUT2D eigenvalue weighted by molar-refractivity contribution is 0.0944. The Morgan fingerprint density at radius 1 is 1.37 bits per heavy atom. The summed E-state index contributed by atoms with van der Waals surface area (Å²) in [5.74, 6) is 0.191. The molecule has 4 rings (SSSR count). The molecule has 2 aliphatic rings. The normalized spacial score (nSPS) is 19.1. The number of carbonyl (C=O) groups excluding carboxylic acids is 1. The van der Waals surface area contributed by atoms with Crippen LogP contribution in [-0.2, 0) is 12.8 Å². The van der Waals surface area contributed by atoms with Crippen LogP contribution < -0.4 is 10.6 Å².